The number of amides is 1. The van der Waals surface area contributed by atoms with Crippen molar-refractivity contribution in [1.29, 1.82) is 0 Å². The third-order valence-electron chi connectivity index (χ3n) is 6.57. The quantitative estimate of drug-likeness (QED) is 0.526. The summed E-state index contributed by atoms with van der Waals surface area (Å²) in [7, 11) is 2.14. The molecule has 33 heavy (non-hydrogen) atoms. The Morgan fingerprint density at radius 2 is 1.97 bits per heavy atom. The lowest BCUT2D eigenvalue weighted by atomic mass is 9.84. The molecular weight excluding hydrogens is 423 g/mol. The number of hydrogen-bond donors (Lipinski definition) is 2. The number of fused-ring (bicyclic) bond motifs is 1. The zero-order valence-corrected chi connectivity index (χ0v) is 20.4. The van der Waals surface area contributed by atoms with E-state index in [1.54, 1.807) is 19.9 Å². The number of benzene rings is 1. The van der Waals surface area contributed by atoms with Crippen molar-refractivity contribution in [3.05, 3.63) is 24.0 Å². The van der Waals surface area contributed by atoms with Gasteiger partial charge in [-0.15, -0.1) is 0 Å². The van der Waals surface area contributed by atoms with E-state index in [4.69, 9.17) is 4.52 Å². The van der Waals surface area contributed by atoms with Crippen molar-refractivity contribution < 1.29 is 18.8 Å². The van der Waals surface area contributed by atoms with Crippen molar-refractivity contribution >= 4 is 22.7 Å². The molecule has 3 rings (SSSR count). The van der Waals surface area contributed by atoms with Gasteiger partial charge >= 0.3 is 0 Å². The van der Waals surface area contributed by atoms with Crippen LogP contribution in [-0.2, 0) is 4.79 Å². The molecule has 1 saturated carbocycles. The lowest BCUT2D eigenvalue weighted by Crippen LogP contribution is -2.41. The Balaban J connectivity index is 1.38. The highest BCUT2D eigenvalue weighted by atomic mass is 19.1. The van der Waals surface area contributed by atoms with Crippen LogP contribution in [0.1, 0.15) is 59.3 Å². The molecule has 1 amide bonds. The monoisotopic (exact) mass is 462 g/mol. The Bertz CT molecular complexity index is 903. The van der Waals surface area contributed by atoms with Crippen LogP contribution in [0.5, 0.6) is 0 Å². The van der Waals surface area contributed by atoms with E-state index in [0.717, 1.165) is 58.3 Å². The van der Waals surface area contributed by atoms with Gasteiger partial charge in [-0.3, -0.25) is 4.79 Å². The average Bonchev–Trinajstić information content (AvgIpc) is 3.15. The highest BCUT2D eigenvalue weighted by molar-refractivity contribution is 5.88. The minimum Gasteiger partial charge on any atom is -0.390 e. The van der Waals surface area contributed by atoms with Gasteiger partial charge in [0.1, 0.15) is 5.82 Å². The van der Waals surface area contributed by atoms with Crippen molar-refractivity contribution in [1.82, 2.24) is 15.4 Å². The number of carbonyl (C=O) groups is 1. The minimum atomic E-state index is -0.962. The maximum atomic E-state index is 13.7. The Kier molecular flexibility index (Phi) is 8.70. The predicted molar refractivity (Wildman–Crippen MR) is 129 cm³/mol. The molecule has 0 atom stereocenters. The van der Waals surface area contributed by atoms with Crippen LogP contribution in [0, 0.1) is 11.7 Å². The summed E-state index contributed by atoms with van der Waals surface area (Å²) in [6.07, 6.45) is 5.55. The van der Waals surface area contributed by atoms with Crippen molar-refractivity contribution in [3.63, 3.8) is 0 Å². The molecule has 1 aliphatic rings. The van der Waals surface area contributed by atoms with Crippen LogP contribution in [0.3, 0.4) is 0 Å². The van der Waals surface area contributed by atoms with Gasteiger partial charge in [0.2, 0.25) is 5.91 Å². The van der Waals surface area contributed by atoms with Crippen LogP contribution >= 0.6 is 0 Å². The van der Waals surface area contributed by atoms with Crippen LogP contribution < -0.4 is 10.2 Å². The first-order chi connectivity index (χ1) is 15.6. The first-order valence-electron chi connectivity index (χ1n) is 12.1. The minimum absolute atomic E-state index is 0.0613. The van der Waals surface area contributed by atoms with Crippen molar-refractivity contribution in [2.45, 2.75) is 70.9 Å². The summed E-state index contributed by atoms with van der Waals surface area (Å²) >= 11 is 0. The fourth-order valence-electron chi connectivity index (χ4n) is 4.61. The first kappa shape index (κ1) is 25.4. The Hall–Kier alpha value is -2.19. The van der Waals surface area contributed by atoms with Gasteiger partial charge in [0.25, 0.3) is 0 Å². The molecule has 1 aromatic carbocycles. The Morgan fingerprint density at radius 1 is 1.24 bits per heavy atom. The van der Waals surface area contributed by atoms with Crippen LogP contribution in [0.25, 0.3) is 11.0 Å². The van der Waals surface area contributed by atoms with Gasteiger partial charge in [-0.25, -0.2) is 4.39 Å². The van der Waals surface area contributed by atoms with Crippen LogP contribution in [0.15, 0.2) is 22.7 Å². The third-order valence-corrected chi connectivity index (χ3v) is 6.57. The van der Waals surface area contributed by atoms with Gasteiger partial charge in [0.15, 0.2) is 11.4 Å². The second-order valence-electron chi connectivity index (χ2n) is 10.1. The lowest BCUT2D eigenvalue weighted by Gasteiger charge is -2.31. The number of aliphatic hydroxyl groups is 1. The fraction of sp³-hybridized carbons (Fsp3) is 0.680. The number of halogens is 1. The Morgan fingerprint density at radius 3 is 2.64 bits per heavy atom. The summed E-state index contributed by atoms with van der Waals surface area (Å²) in [5, 5.41) is 17.8. The molecule has 8 heteroatoms. The standard InChI is InChI=1S/C25H39FN4O3/c1-5-30(24-21-16-19(26)8-11-22(21)33-28-24)15-14-29(4)13-12-18-6-9-20(10-7-18)27-23(31)17-25(2,3)32/h8,11,16,18,20,32H,5-7,9-10,12-15,17H2,1-4H3,(H,27,31). The zero-order valence-electron chi connectivity index (χ0n) is 20.4. The number of anilines is 1. The highest BCUT2D eigenvalue weighted by Gasteiger charge is 2.25. The molecule has 1 heterocycles. The van der Waals surface area contributed by atoms with Crippen LogP contribution in [-0.4, -0.2) is 65.9 Å². The molecule has 0 unspecified atom stereocenters. The SMILES string of the molecule is CCN(CCN(C)CCC1CCC(NC(=O)CC(C)(C)O)CC1)c1noc2ccc(F)cc12. The largest absolute Gasteiger partial charge is 0.390 e. The topological polar surface area (TPSA) is 81.8 Å². The number of rotatable bonds is 11. The van der Waals surface area contributed by atoms with Gasteiger partial charge in [0, 0.05) is 25.7 Å². The maximum Gasteiger partial charge on any atom is 0.223 e. The molecule has 0 saturated heterocycles. The lowest BCUT2D eigenvalue weighted by molar-refractivity contribution is -0.125. The van der Waals surface area contributed by atoms with Crippen molar-refractivity contribution in [2.24, 2.45) is 5.92 Å². The zero-order chi connectivity index (χ0) is 24.0. The number of aromatic nitrogens is 1. The molecule has 184 valence electrons. The van der Waals surface area contributed by atoms with Gasteiger partial charge in [0.05, 0.1) is 17.4 Å². The molecule has 0 radical (unpaired) electrons. The fourth-order valence-corrected chi connectivity index (χ4v) is 4.61. The third kappa shape index (κ3) is 7.67. The normalized spacial score (nSPS) is 19.2. The van der Waals surface area contributed by atoms with Crippen LogP contribution in [0.2, 0.25) is 0 Å². The van der Waals surface area contributed by atoms with Gasteiger partial charge < -0.3 is 24.7 Å². The Labute approximate surface area is 196 Å². The molecule has 7 nitrogen and oxygen atoms in total. The summed E-state index contributed by atoms with van der Waals surface area (Å²) < 4.78 is 19.0. The summed E-state index contributed by atoms with van der Waals surface area (Å²) in [6, 6.07) is 4.72. The number of hydrogen-bond acceptors (Lipinski definition) is 6. The predicted octanol–water partition coefficient (Wildman–Crippen LogP) is 3.95. The van der Waals surface area contributed by atoms with E-state index < -0.39 is 5.60 Å². The number of carbonyl (C=O) groups excluding carboxylic acids is 1. The van der Waals surface area contributed by atoms with E-state index in [-0.39, 0.29) is 24.2 Å². The van der Waals surface area contributed by atoms with E-state index >= 15 is 0 Å². The van der Waals surface area contributed by atoms with E-state index in [2.05, 4.69) is 34.2 Å². The number of nitrogens with one attached hydrogen (secondary N) is 1. The van der Waals surface area contributed by atoms with Gasteiger partial charge in [-0.2, -0.15) is 0 Å². The molecule has 2 N–H and O–H groups in total. The van der Waals surface area contributed by atoms with Gasteiger partial charge in [-0.1, -0.05) is 5.16 Å². The summed E-state index contributed by atoms with van der Waals surface area (Å²) in [5.41, 5.74) is -0.360. The van der Waals surface area contributed by atoms with E-state index in [0.29, 0.717) is 22.7 Å². The molecule has 0 bridgehead atoms. The second kappa shape index (κ2) is 11.3. The van der Waals surface area contributed by atoms with Crippen molar-refractivity contribution in [3.8, 4) is 0 Å². The molecule has 0 aliphatic heterocycles. The molecular formula is C25H39FN4O3. The molecule has 1 aliphatic carbocycles. The number of likely N-dealkylation sites (N-methyl/N-ethyl adjacent to an activating group) is 2. The molecule has 1 aromatic heterocycles. The summed E-state index contributed by atoms with van der Waals surface area (Å²) in [5.74, 6) is 1.03. The summed E-state index contributed by atoms with van der Waals surface area (Å²) in [4.78, 5) is 16.5. The van der Waals surface area contributed by atoms with Crippen LogP contribution in [0.4, 0.5) is 10.2 Å². The number of nitrogens with zero attached hydrogens (tertiary/aromatic N) is 3. The molecule has 0 spiro atoms. The second-order valence-corrected chi connectivity index (χ2v) is 10.1. The van der Waals surface area contributed by atoms with E-state index in [9.17, 15) is 14.3 Å². The van der Waals surface area contributed by atoms with Crippen molar-refractivity contribution in [2.75, 3.05) is 38.1 Å². The van der Waals surface area contributed by atoms with E-state index in [1.165, 1.54) is 12.1 Å². The first-order valence-corrected chi connectivity index (χ1v) is 12.1. The molecule has 1 fully saturated rings. The smallest absolute Gasteiger partial charge is 0.223 e. The average molecular weight is 463 g/mol. The van der Waals surface area contributed by atoms with Gasteiger partial charge in [-0.05, 0) is 90.6 Å². The maximum absolute atomic E-state index is 13.7. The highest BCUT2D eigenvalue weighted by Crippen LogP contribution is 2.28. The summed E-state index contributed by atoms with van der Waals surface area (Å²) in [6.45, 7) is 8.87. The molecule has 2 aromatic rings. The van der Waals surface area contributed by atoms with E-state index in [1.807, 2.05) is 0 Å².